The van der Waals surface area contributed by atoms with Gasteiger partial charge in [0.1, 0.15) is 17.2 Å². The van der Waals surface area contributed by atoms with Gasteiger partial charge < -0.3 is 14.2 Å². The summed E-state index contributed by atoms with van der Waals surface area (Å²) in [6.45, 7) is 4.07. The highest BCUT2D eigenvalue weighted by Gasteiger charge is 2.09. The van der Waals surface area contributed by atoms with Crippen molar-refractivity contribution < 1.29 is 23.8 Å². The fourth-order valence-electron chi connectivity index (χ4n) is 2.54. The van der Waals surface area contributed by atoms with Crippen molar-refractivity contribution in [3.8, 4) is 17.2 Å². The molecule has 0 amide bonds. The van der Waals surface area contributed by atoms with E-state index in [9.17, 15) is 9.59 Å². The summed E-state index contributed by atoms with van der Waals surface area (Å²) < 4.78 is 16.1. The van der Waals surface area contributed by atoms with Gasteiger partial charge in [0, 0.05) is 6.42 Å². The first-order chi connectivity index (χ1) is 13.6. The largest absolute Gasteiger partial charge is 0.497 e. The molecular weight excluding hydrogens is 356 g/mol. The summed E-state index contributed by atoms with van der Waals surface area (Å²) in [5, 5.41) is 0. The van der Waals surface area contributed by atoms with Crippen molar-refractivity contribution in [3.05, 3.63) is 66.7 Å². The minimum atomic E-state index is -0.425. The molecule has 0 saturated heterocycles. The first kappa shape index (κ1) is 21.2. The number of esters is 1. The Morgan fingerprint density at radius 3 is 2.11 bits per heavy atom. The van der Waals surface area contributed by atoms with E-state index in [4.69, 9.17) is 14.2 Å². The zero-order valence-electron chi connectivity index (χ0n) is 16.2. The molecule has 0 atom stereocenters. The Kier molecular flexibility index (Phi) is 8.79. The minimum Gasteiger partial charge on any atom is -0.497 e. The Morgan fingerprint density at radius 2 is 1.46 bits per heavy atom. The quantitative estimate of drug-likeness (QED) is 0.224. The maximum absolute atomic E-state index is 12.2. The number of unbranched alkanes of at least 4 members (excludes halogenated alkanes) is 3. The van der Waals surface area contributed by atoms with Crippen LogP contribution in [-0.4, -0.2) is 25.5 Å². The van der Waals surface area contributed by atoms with Crippen LogP contribution in [0.3, 0.4) is 0 Å². The molecule has 2 aromatic carbocycles. The molecule has 0 radical (unpaired) electrons. The van der Waals surface area contributed by atoms with Crippen molar-refractivity contribution in [1.82, 2.24) is 0 Å². The molecule has 2 rings (SSSR count). The number of carbonyl (C=O) groups is 2. The molecule has 28 heavy (non-hydrogen) atoms. The summed E-state index contributed by atoms with van der Waals surface area (Å²) in [5.74, 6) is 1.54. The number of hydrogen-bond donors (Lipinski definition) is 0. The van der Waals surface area contributed by atoms with E-state index in [0.717, 1.165) is 25.7 Å². The molecule has 0 unspecified atom stereocenters. The summed E-state index contributed by atoms with van der Waals surface area (Å²) in [4.78, 5) is 23.3. The molecule has 0 aromatic heterocycles. The van der Waals surface area contributed by atoms with E-state index in [1.165, 1.54) is 6.08 Å². The van der Waals surface area contributed by atoms with Gasteiger partial charge >= 0.3 is 5.97 Å². The standard InChI is InChI=1S/C23H26O5/c1-3-19(24)8-6-4-5-7-17-27-21-11-9-18(10-12-21)23(25)28-22-15-13-20(26-2)14-16-22/h3,9-16H,1,4-8,17H2,2H3. The molecule has 0 aliphatic rings. The molecule has 0 heterocycles. The van der Waals surface area contributed by atoms with Crippen LogP contribution in [0.25, 0.3) is 0 Å². The van der Waals surface area contributed by atoms with Crippen LogP contribution in [0.2, 0.25) is 0 Å². The Hall–Kier alpha value is -3.08. The monoisotopic (exact) mass is 382 g/mol. The summed E-state index contributed by atoms with van der Waals surface area (Å²) in [7, 11) is 1.58. The molecule has 0 bridgehead atoms. The summed E-state index contributed by atoms with van der Waals surface area (Å²) in [6.07, 6.45) is 5.76. The molecule has 0 aliphatic carbocycles. The summed E-state index contributed by atoms with van der Waals surface area (Å²) >= 11 is 0. The van der Waals surface area contributed by atoms with Crippen molar-refractivity contribution in [1.29, 1.82) is 0 Å². The van der Waals surface area contributed by atoms with E-state index in [0.29, 0.717) is 35.8 Å². The fraction of sp³-hybridized carbons (Fsp3) is 0.304. The smallest absolute Gasteiger partial charge is 0.343 e. The second kappa shape index (κ2) is 11.6. The van der Waals surface area contributed by atoms with Crippen molar-refractivity contribution in [2.24, 2.45) is 0 Å². The number of carbonyl (C=O) groups excluding carboxylic acids is 2. The second-order valence-corrected chi connectivity index (χ2v) is 6.27. The third kappa shape index (κ3) is 7.27. The van der Waals surface area contributed by atoms with Crippen LogP contribution in [0.5, 0.6) is 17.2 Å². The first-order valence-corrected chi connectivity index (χ1v) is 9.36. The predicted octanol–water partition coefficient (Wildman–Crippen LogP) is 5.00. The number of hydrogen-bond acceptors (Lipinski definition) is 5. The van der Waals surface area contributed by atoms with Gasteiger partial charge in [0.25, 0.3) is 0 Å². The van der Waals surface area contributed by atoms with E-state index >= 15 is 0 Å². The number of ether oxygens (including phenoxy) is 3. The molecule has 148 valence electrons. The molecule has 2 aromatic rings. The Balaban J connectivity index is 1.69. The molecule has 5 nitrogen and oxygen atoms in total. The second-order valence-electron chi connectivity index (χ2n) is 6.27. The topological polar surface area (TPSA) is 61.8 Å². The average Bonchev–Trinajstić information content (AvgIpc) is 2.73. The van der Waals surface area contributed by atoms with Gasteiger partial charge in [0.2, 0.25) is 0 Å². The fourth-order valence-corrected chi connectivity index (χ4v) is 2.54. The zero-order valence-corrected chi connectivity index (χ0v) is 16.2. The van der Waals surface area contributed by atoms with E-state index < -0.39 is 5.97 Å². The Labute approximate surface area is 165 Å². The van der Waals surface area contributed by atoms with E-state index in [2.05, 4.69) is 6.58 Å². The molecule has 0 fully saturated rings. The van der Waals surface area contributed by atoms with Crippen LogP contribution in [0, 0.1) is 0 Å². The van der Waals surface area contributed by atoms with Gasteiger partial charge in [-0.05, 0) is 67.4 Å². The highest BCUT2D eigenvalue weighted by molar-refractivity contribution is 5.91. The summed E-state index contributed by atoms with van der Waals surface area (Å²) in [6, 6.07) is 13.7. The van der Waals surface area contributed by atoms with Crippen molar-refractivity contribution in [3.63, 3.8) is 0 Å². The lowest BCUT2D eigenvalue weighted by atomic mass is 10.1. The van der Waals surface area contributed by atoms with Crippen LogP contribution in [-0.2, 0) is 4.79 Å². The molecule has 0 aliphatic heterocycles. The van der Waals surface area contributed by atoms with Gasteiger partial charge in [-0.3, -0.25) is 4.79 Å². The van der Waals surface area contributed by atoms with Crippen LogP contribution in [0.15, 0.2) is 61.2 Å². The molecule has 0 saturated carbocycles. The van der Waals surface area contributed by atoms with Gasteiger partial charge in [-0.15, -0.1) is 0 Å². The van der Waals surface area contributed by atoms with Crippen molar-refractivity contribution in [2.45, 2.75) is 32.1 Å². The van der Waals surface area contributed by atoms with Gasteiger partial charge in [0.15, 0.2) is 5.78 Å². The lowest BCUT2D eigenvalue weighted by molar-refractivity contribution is -0.114. The Bertz CT molecular complexity index is 763. The van der Waals surface area contributed by atoms with Crippen LogP contribution in [0.1, 0.15) is 42.5 Å². The SMILES string of the molecule is C=CC(=O)CCCCCCOc1ccc(C(=O)Oc2ccc(OC)cc2)cc1. The van der Waals surface area contributed by atoms with Gasteiger partial charge in [0.05, 0.1) is 19.3 Å². The first-order valence-electron chi connectivity index (χ1n) is 9.36. The van der Waals surface area contributed by atoms with Crippen LogP contribution in [0.4, 0.5) is 0 Å². The normalized spacial score (nSPS) is 10.2. The third-order valence-electron chi connectivity index (χ3n) is 4.17. The van der Waals surface area contributed by atoms with Crippen molar-refractivity contribution >= 4 is 11.8 Å². The lowest BCUT2D eigenvalue weighted by Crippen LogP contribution is -2.08. The van der Waals surface area contributed by atoms with Crippen LogP contribution >= 0.6 is 0 Å². The maximum Gasteiger partial charge on any atom is 0.343 e. The summed E-state index contributed by atoms with van der Waals surface area (Å²) in [5.41, 5.74) is 0.454. The van der Waals surface area contributed by atoms with E-state index in [1.807, 2.05) is 0 Å². The minimum absolute atomic E-state index is 0.0989. The third-order valence-corrected chi connectivity index (χ3v) is 4.17. The number of benzene rings is 2. The van der Waals surface area contributed by atoms with E-state index in [1.54, 1.807) is 55.6 Å². The zero-order chi connectivity index (χ0) is 20.2. The number of allylic oxidation sites excluding steroid dienone is 1. The average molecular weight is 382 g/mol. The number of ketones is 1. The molecule has 0 N–H and O–H groups in total. The van der Waals surface area contributed by atoms with E-state index in [-0.39, 0.29) is 5.78 Å². The van der Waals surface area contributed by atoms with Crippen LogP contribution < -0.4 is 14.2 Å². The lowest BCUT2D eigenvalue weighted by Gasteiger charge is -2.08. The Morgan fingerprint density at radius 1 is 0.857 bits per heavy atom. The molecular formula is C23H26O5. The predicted molar refractivity (Wildman–Crippen MR) is 108 cm³/mol. The van der Waals surface area contributed by atoms with Crippen molar-refractivity contribution in [2.75, 3.05) is 13.7 Å². The highest BCUT2D eigenvalue weighted by Crippen LogP contribution is 2.19. The van der Waals surface area contributed by atoms with Gasteiger partial charge in [-0.2, -0.15) is 0 Å². The maximum atomic E-state index is 12.2. The van der Waals surface area contributed by atoms with Gasteiger partial charge in [-0.1, -0.05) is 19.4 Å². The molecule has 5 heteroatoms. The number of rotatable bonds is 12. The molecule has 0 spiro atoms. The highest BCUT2D eigenvalue weighted by atomic mass is 16.5. The van der Waals surface area contributed by atoms with Gasteiger partial charge in [-0.25, -0.2) is 4.79 Å². The number of methoxy groups -OCH3 is 1.